The molecule has 0 spiro atoms. The highest BCUT2D eigenvalue weighted by Crippen LogP contribution is 2.32. The van der Waals surface area contributed by atoms with Gasteiger partial charge in [0.15, 0.2) is 17.3 Å². The third kappa shape index (κ3) is 4.99. The molecule has 0 aliphatic carbocycles. The molecule has 1 saturated heterocycles. The van der Waals surface area contributed by atoms with Crippen LogP contribution in [0, 0.1) is 0 Å². The van der Waals surface area contributed by atoms with Crippen LogP contribution < -0.4 is 14.4 Å². The minimum atomic E-state index is 0.430. The monoisotopic (exact) mass is 433 g/mol. The van der Waals surface area contributed by atoms with Gasteiger partial charge in [0.2, 0.25) is 0 Å². The van der Waals surface area contributed by atoms with Gasteiger partial charge < -0.3 is 14.4 Å². The maximum Gasteiger partial charge on any atom is 0.161 e. The third-order valence-electron chi connectivity index (χ3n) is 5.99. The molecule has 1 fully saturated rings. The number of methoxy groups -OCH3 is 2. The van der Waals surface area contributed by atoms with Crippen molar-refractivity contribution in [3.8, 4) is 22.9 Å². The fourth-order valence-corrected chi connectivity index (χ4v) is 4.14. The maximum absolute atomic E-state index is 5.45. The molecular formula is C25H31N5O2. The summed E-state index contributed by atoms with van der Waals surface area (Å²) in [6.07, 6.45) is 5.72. The minimum Gasteiger partial charge on any atom is -0.493 e. The molecule has 3 heterocycles. The standard InChI is InChI=1S/C25H31N5O2/c1-29(2)24-16-21(27-25(28-24)20-7-11-26-12-8-20)19-9-13-30(14-10-19)17-18-5-6-22(31-3)23(15-18)32-4/h5-8,11-12,15-16,19H,9-10,13-14,17H2,1-4H3. The number of nitrogens with zero attached hydrogens (tertiary/aromatic N) is 5. The molecule has 0 atom stereocenters. The number of ether oxygens (including phenoxy) is 2. The van der Waals surface area contributed by atoms with E-state index in [-0.39, 0.29) is 0 Å². The normalized spacial score (nSPS) is 14.9. The summed E-state index contributed by atoms with van der Waals surface area (Å²) in [5.41, 5.74) is 3.36. The third-order valence-corrected chi connectivity index (χ3v) is 5.99. The quantitative estimate of drug-likeness (QED) is 0.558. The summed E-state index contributed by atoms with van der Waals surface area (Å²) in [6, 6.07) is 12.2. The van der Waals surface area contributed by atoms with Crippen LogP contribution >= 0.6 is 0 Å². The lowest BCUT2D eigenvalue weighted by molar-refractivity contribution is 0.203. The van der Waals surface area contributed by atoms with E-state index in [1.54, 1.807) is 26.6 Å². The summed E-state index contributed by atoms with van der Waals surface area (Å²) in [5.74, 6) is 3.68. The molecular weight excluding hydrogens is 402 g/mol. The van der Waals surface area contributed by atoms with Crippen LogP contribution in [0.1, 0.15) is 30.0 Å². The summed E-state index contributed by atoms with van der Waals surface area (Å²) in [5, 5.41) is 0. The molecule has 0 radical (unpaired) electrons. The van der Waals surface area contributed by atoms with E-state index in [2.05, 4.69) is 28.1 Å². The van der Waals surface area contributed by atoms with Crippen LogP contribution in [0.3, 0.4) is 0 Å². The first-order chi connectivity index (χ1) is 15.6. The SMILES string of the molecule is COc1ccc(CN2CCC(c3cc(N(C)C)nc(-c4ccncc4)n3)CC2)cc1OC. The molecule has 1 aliphatic rings. The second-order valence-electron chi connectivity index (χ2n) is 8.34. The highest BCUT2D eigenvalue weighted by Gasteiger charge is 2.23. The zero-order valence-corrected chi connectivity index (χ0v) is 19.3. The van der Waals surface area contributed by atoms with Crippen molar-refractivity contribution in [1.29, 1.82) is 0 Å². The summed E-state index contributed by atoms with van der Waals surface area (Å²) in [7, 11) is 7.39. The highest BCUT2D eigenvalue weighted by molar-refractivity contribution is 5.57. The van der Waals surface area contributed by atoms with E-state index < -0.39 is 0 Å². The summed E-state index contributed by atoms with van der Waals surface area (Å²) >= 11 is 0. The van der Waals surface area contributed by atoms with Gasteiger partial charge in [-0.05, 0) is 55.8 Å². The van der Waals surface area contributed by atoms with Gasteiger partial charge in [0.25, 0.3) is 0 Å². The minimum absolute atomic E-state index is 0.430. The molecule has 1 aromatic carbocycles. The number of benzene rings is 1. The second kappa shape index (κ2) is 9.96. The van der Waals surface area contributed by atoms with E-state index in [1.165, 1.54) is 5.56 Å². The van der Waals surface area contributed by atoms with Crippen molar-refractivity contribution in [2.24, 2.45) is 0 Å². The molecule has 0 bridgehead atoms. The topological polar surface area (TPSA) is 63.6 Å². The zero-order valence-electron chi connectivity index (χ0n) is 19.3. The molecule has 4 rings (SSSR count). The van der Waals surface area contributed by atoms with Crippen molar-refractivity contribution in [3.05, 3.63) is 60.0 Å². The molecule has 0 unspecified atom stereocenters. The first-order valence-corrected chi connectivity index (χ1v) is 11.0. The number of rotatable bonds is 7. The number of likely N-dealkylation sites (tertiary alicyclic amines) is 1. The molecule has 0 N–H and O–H groups in total. The second-order valence-corrected chi connectivity index (χ2v) is 8.34. The Hall–Kier alpha value is -3.19. The number of aromatic nitrogens is 3. The van der Waals surface area contributed by atoms with Crippen LogP contribution in [0.25, 0.3) is 11.4 Å². The smallest absolute Gasteiger partial charge is 0.161 e. The Balaban J connectivity index is 1.46. The molecule has 7 heteroatoms. The van der Waals surface area contributed by atoms with Gasteiger partial charge in [-0.3, -0.25) is 9.88 Å². The van der Waals surface area contributed by atoms with E-state index in [4.69, 9.17) is 19.4 Å². The molecule has 0 amide bonds. The Kier molecular flexibility index (Phi) is 6.85. The lowest BCUT2D eigenvalue weighted by Gasteiger charge is -2.32. The molecule has 0 saturated carbocycles. The fourth-order valence-electron chi connectivity index (χ4n) is 4.14. The van der Waals surface area contributed by atoms with Crippen LogP contribution in [0.15, 0.2) is 48.8 Å². The van der Waals surface area contributed by atoms with E-state index in [0.717, 1.165) is 66.9 Å². The van der Waals surface area contributed by atoms with E-state index in [9.17, 15) is 0 Å². The summed E-state index contributed by atoms with van der Waals surface area (Å²) in [6.45, 7) is 2.97. The molecule has 2 aromatic heterocycles. The van der Waals surface area contributed by atoms with Crippen LogP contribution in [0.2, 0.25) is 0 Å². The Morgan fingerprint density at radius 2 is 1.66 bits per heavy atom. The molecule has 3 aromatic rings. The van der Waals surface area contributed by atoms with Crippen molar-refractivity contribution in [3.63, 3.8) is 0 Å². The van der Waals surface area contributed by atoms with Gasteiger partial charge in [0.1, 0.15) is 5.82 Å². The number of anilines is 1. The van der Waals surface area contributed by atoms with E-state index >= 15 is 0 Å². The first kappa shape index (κ1) is 22.0. The molecule has 168 valence electrons. The van der Waals surface area contributed by atoms with Gasteiger partial charge in [-0.25, -0.2) is 9.97 Å². The lowest BCUT2D eigenvalue weighted by atomic mass is 9.92. The van der Waals surface area contributed by atoms with Crippen LogP contribution in [0.5, 0.6) is 11.5 Å². The van der Waals surface area contributed by atoms with Crippen molar-refractivity contribution in [1.82, 2.24) is 19.9 Å². The molecule has 32 heavy (non-hydrogen) atoms. The molecule has 1 aliphatic heterocycles. The van der Waals surface area contributed by atoms with Crippen molar-refractivity contribution < 1.29 is 9.47 Å². The van der Waals surface area contributed by atoms with Crippen LogP contribution in [0.4, 0.5) is 5.82 Å². The van der Waals surface area contributed by atoms with E-state index in [1.807, 2.05) is 37.2 Å². The number of pyridine rings is 1. The first-order valence-electron chi connectivity index (χ1n) is 11.0. The van der Waals surface area contributed by atoms with Gasteiger partial charge in [-0.2, -0.15) is 0 Å². The van der Waals surface area contributed by atoms with Gasteiger partial charge in [-0.1, -0.05) is 6.07 Å². The highest BCUT2D eigenvalue weighted by atomic mass is 16.5. The fraction of sp³-hybridized carbons (Fsp3) is 0.400. The Morgan fingerprint density at radius 1 is 0.938 bits per heavy atom. The number of piperidine rings is 1. The molecule has 7 nitrogen and oxygen atoms in total. The van der Waals surface area contributed by atoms with Gasteiger partial charge in [0.05, 0.1) is 14.2 Å². The summed E-state index contributed by atoms with van der Waals surface area (Å²) < 4.78 is 10.8. The van der Waals surface area contributed by atoms with Gasteiger partial charge in [0, 0.05) is 56.3 Å². The maximum atomic E-state index is 5.45. The predicted molar refractivity (Wildman–Crippen MR) is 126 cm³/mol. The van der Waals surface area contributed by atoms with Gasteiger partial charge >= 0.3 is 0 Å². The lowest BCUT2D eigenvalue weighted by Crippen LogP contribution is -2.32. The van der Waals surface area contributed by atoms with E-state index in [0.29, 0.717) is 5.92 Å². The predicted octanol–water partition coefficient (Wildman–Crippen LogP) is 4.00. The Bertz CT molecular complexity index is 1030. The van der Waals surface area contributed by atoms with Crippen LogP contribution in [-0.4, -0.2) is 61.3 Å². The Morgan fingerprint density at radius 3 is 2.31 bits per heavy atom. The zero-order chi connectivity index (χ0) is 22.5. The average molecular weight is 434 g/mol. The average Bonchev–Trinajstić information content (AvgIpc) is 2.84. The van der Waals surface area contributed by atoms with Crippen LogP contribution in [-0.2, 0) is 6.54 Å². The number of hydrogen-bond donors (Lipinski definition) is 0. The summed E-state index contributed by atoms with van der Waals surface area (Å²) in [4.78, 5) is 18.4. The van der Waals surface area contributed by atoms with Crippen molar-refractivity contribution in [2.75, 3.05) is 46.3 Å². The number of hydrogen-bond acceptors (Lipinski definition) is 7. The Labute approximate surface area is 190 Å². The van der Waals surface area contributed by atoms with Crippen molar-refractivity contribution in [2.45, 2.75) is 25.3 Å². The van der Waals surface area contributed by atoms with Gasteiger partial charge in [-0.15, -0.1) is 0 Å². The largest absolute Gasteiger partial charge is 0.493 e. The van der Waals surface area contributed by atoms with Crippen molar-refractivity contribution >= 4 is 5.82 Å².